The highest BCUT2D eigenvalue weighted by molar-refractivity contribution is 5.86. The number of esters is 1. The van der Waals surface area contributed by atoms with Gasteiger partial charge >= 0.3 is 11.6 Å². The van der Waals surface area contributed by atoms with Crippen molar-refractivity contribution in [1.29, 1.82) is 0 Å². The lowest BCUT2D eigenvalue weighted by molar-refractivity contribution is -0.143. The molecule has 31 heteroatoms. The Bertz CT molecular complexity index is 2530. The van der Waals surface area contributed by atoms with Crippen molar-refractivity contribution >= 4 is 33.7 Å². The summed E-state index contributed by atoms with van der Waals surface area (Å²) in [5, 5.41) is 0.725. The largest absolute Gasteiger partial charge is 0.466 e. The van der Waals surface area contributed by atoms with Crippen molar-refractivity contribution in [2.24, 2.45) is 0 Å². The molecule has 2 heterocycles. The quantitative estimate of drug-likeness (QED) is 0.0331. The van der Waals surface area contributed by atoms with Crippen LogP contribution in [0.15, 0.2) is 57.7 Å². The highest BCUT2D eigenvalue weighted by atomic mass is 16.6. The first kappa shape index (κ1) is 90.8. The van der Waals surface area contributed by atoms with Crippen LogP contribution in [-0.2, 0) is 130 Å². The molecule has 2 aromatic carbocycles. The Morgan fingerprint density at radius 2 is 0.689 bits per heavy atom. The summed E-state index contributed by atoms with van der Waals surface area (Å²) >= 11 is 0. The van der Waals surface area contributed by atoms with Crippen LogP contribution < -0.4 is 10.5 Å². The van der Waals surface area contributed by atoms with Crippen molar-refractivity contribution in [2.45, 2.75) is 26.3 Å². The topological polar surface area (TPSA) is 299 Å². The number of fused-ring (bicyclic) bond motifs is 2. The summed E-state index contributed by atoms with van der Waals surface area (Å²) in [7, 11) is 3.28. The predicted molar refractivity (Wildman–Crippen MR) is 381 cm³/mol. The zero-order valence-electron chi connectivity index (χ0n) is 61.7. The Morgan fingerprint density at radius 3 is 1.00 bits per heavy atom. The van der Waals surface area contributed by atoms with Gasteiger partial charge in [-0.15, -0.1) is 0 Å². The first-order valence-electron chi connectivity index (χ1n) is 36.2. The molecule has 592 valence electrons. The van der Waals surface area contributed by atoms with E-state index in [1.165, 1.54) is 0 Å². The van der Waals surface area contributed by atoms with Gasteiger partial charge < -0.3 is 132 Å². The molecule has 0 N–H and O–H groups in total. The summed E-state index contributed by atoms with van der Waals surface area (Å²) in [6, 6.07) is 15.2. The molecule has 0 aliphatic heterocycles. The summed E-state index contributed by atoms with van der Waals surface area (Å²) < 4.78 is 146. The van der Waals surface area contributed by atoms with E-state index in [1.54, 1.807) is 21.1 Å². The Labute approximate surface area is 608 Å². The van der Waals surface area contributed by atoms with E-state index in [0.717, 1.165) is 22.1 Å². The Balaban J connectivity index is 1.02. The van der Waals surface area contributed by atoms with Gasteiger partial charge in [-0.1, -0.05) is 12.1 Å². The van der Waals surface area contributed by atoms with Crippen LogP contribution >= 0.6 is 0 Å². The van der Waals surface area contributed by atoms with E-state index >= 15 is 0 Å². The lowest BCUT2D eigenvalue weighted by Gasteiger charge is -2.25. The molecule has 0 atom stereocenters. The fourth-order valence-electron chi connectivity index (χ4n) is 9.18. The molecule has 0 aliphatic rings. The molecule has 0 unspecified atom stereocenters. The van der Waals surface area contributed by atoms with E-state index < -0.39 is 5.63 Å². The third kappa shape index (κ3) is 49.1. The number of imidazole rings is 1. The lowest BCUT2D eigenvalue weighted by Crippen LogP contribution is -2.31. The zero-order chi connectivity index (χ0) is 72.9. The average molecular weight is 1480 g/mol. The fourth-order valence-corrected chi connectivity index (χ4v) is 9.18. The molecule has 2 aromatic heterocycles. The minimum Gasteiger partial charge on any atom is -0.466 e. The first-order valence-corrected chi connectivity index (χ1v) is 36.2. The van der Waals surface area contributed by atoms with Crippen LogP contribution in [-0.4, -0.2) is 353 Å². The van der Waals surface area contributed by atoms with Crippen LogP contribution in [0, 0.1) is 0 Å². The monoisotopic (exact) mass is 1480 g/mol. The molecule has 0 aliphatic carbocycles. The van der Waals surface area contributed by atoms with Crippen LogP contribution in [0.5, 0.6) is 0 Å². The molecule has 0 bridgehead atoms. The average Bonchev–Trinajstić information content (AvgIpc) is 1.67. The minimum atomic E-state index is -0.528. The molecule has 0 amide bonds. The second-order valence-electron chi connectivity index (χ2n) is 22.1. The number of nitrogens with zero attached hydrogens (tertiary/aromatic N) is 3. The summed E-state index contributed by atoms with van der Waals surface area (Å²) in [5.41, 5.74) is 2.61. The van der Waals surface area contributed by atoms with Gasteiger partial charge in [0.2, 0.25) is 0 Å². The number of hydrogen-bond acceptors (Lipinski definition) is 30. The number of rotatable bonds is 79. The van der Waals surface area contributed by atoms with Gasteiger partial charge in [0.05, 0.1) is 322 Å². The Morgan fingerprint density at radius 1 is 0.388 bits per heavy atom. The van der Waals surface area contributed by atoms with Crippen molar-refractivity contribution in [3.8, 4) is 11.4 Å². The number of hydrogen-bond donors (Lipinski definition) is 0. The van der Waals surface area contributed by atoms with Gasteiger partial charge in [0.15, 0.2) is 0 Å². The molecule has 4 aromatic rings. The SMILES string of the molecule is CCOC(=O)CCCn1c(-c2cc3ccc(N(CCOCCOCCOCCOCCOCCOCCOCCOCCOCCOCCOCCOC)CCOCCOCCOCCOCCOCCOCCOCCOCCOCCOCCOCCOC)cc3oc2=O)nc2ccccc21. The Hall–Kier alpha value is -4.57. The van der Waals surface area contributed by atoms with Crippen molar-refractivity contribution < 1.29 is 128 Å². The molecule has 103 heavy (non-hydrogen) atoms. The molecule has 0 spiro atoms. The highest BCUT2D eigenvalue weighted by Crippen LogP contribution is 2.28. The van der Waals surface area contributed by atoms with Crippen LogP contribution in [0.25, 0.3) is 33.4 Å². The summed E-state index contributed by atoms with van der Waals surface area (Å²) in [6.45, 7) is 25.3. The smallest absolute Gasteiger partial charge is 0.347 e. The van der Waals surface area contributed by atoms with E-state index in [0.29, 0.717) is 354 Å². The number of aryl methyl sites for hydroxylation is 1. The first-order chi connectivity index (χ1) is 51.0. The molecule has 0 saturated heterocycles. The number of aromatic nitrogens is 2. The van der Waals surface area contributed by atoms with Gasteiger partial charge in [0, 0.05) is 57.4 Å². The van der Waals surface area contributed by atoms with Gasteiger partial charge in [-0.25, -0.2) is 9.78 Å². The number of carbonyl (C=O) groups excluding carboxylic acids is 1. The second kappa shape index (κ2) is 68.0. The molecule has 4 rings (SSSR count). The van der Waals surface area contributed by atoms with Crippen LogP contribution in [0.4, 0.5) is 5.69 Å². The van der Waals surface area contributed by atoms with Gasteiger partial charge in [-0.2, -0.15) is 0 Å². The second-order valence-corrected chi connectivity index (χ2v) is 22.1. The van der Waals surface area contributed by atoms with E-state index in [2.05, 4.69) is 4.90 Å². The van der Waals surface area contributed by atoms with Gasteiger partial charge in [0.1, 0.15) is 17.0 Å². The zero-order valence-corrected chi connectivity index (χ0v) is 61.7. The predicted octanol–water partition coefficient (Wildman–Crippen LogP) is 4.62. The maximum atomic E-state index is 13.8. The number of benzene rings is 2. The maximum Gasteiger partial charge on any atom is 0.347 e. The molecule has 31 nitrogen and oxygen atoms in total. The lowest BCUT2D eigenvalue weighted by atomic mass is 10.1. The summed E-state index contributed by atoms with van der Waals surface area (Å²) in [4.78, 5) is 33.0. The van der Waals surface area contributed by atoms with Crippen LogP contribution in [0.2, 0.25) is 0 Å². The van der Waals surface area contributed by atoms with Gasteiger partial charge in [0.25, 0.3) is 0 Å². The van der Waals surface area contributed by atoms with E-state index in [-0.39, 0.29) is 12.4 Å². The standard InChI is InChI=1S/C72H121N3O28/c1-4-102-70(76)10-7-13-75-68-9-6-5-8-67(68)73-71(75)66-62-64-11-12-65(63-69(64)103-72(66)77)74(14-16-80-22-24-84-30-32-88-38-40-92-46-48-96-54-56-100-60-58-98-52-50-94-44-42-90-36-34-86-28-26-82-20-18-78-2)15-17-81-23-25-85-31-33-89-39-41-93-47-49-97-55-57-101-61-59-99-53-51-95-45-43-91-37-35-87-29-27-83-21-19-79-3/h5-6,8-9,11-12,62-63H,4,7,10,13-61H2,1-3H3. The third-order valence-corrected chi connectivity index (χ3v) is 14.4. The van der Waals surface area contributed by atoms with Gasteiger partial charge in [-0.3, -0.25) is 4.79 Å². The molecule has 0 radical (unpaired) electrons. The molecular formula is C72H121N3O28. The maximum absolute atomic E-state index is 13.8. The number of carbonyl (C=O) groups is 1. The summed E-state index contributed by atoms with van der Waals surface area (Å²) in [5.74, 6) is 0.198. The van der Waals surface area contributed by atoms with Crippen molar-refractivity contribution in [2.75, 3.05) is 343 Å². The summed E-state index contributed by atoms with van der Waals surface area (Å²) in [6.07, 6.45) is 0.748. The van der Waals surface area contributed by atoms with Crippen molar-refractivity contribution in [1.82, 2.24) is 9.55 Å². The minimum absolute atomic E-state index is 0.239. The molecule has 0 fully saturated rings. The van der Waals surface area contributed by atoms with E-state index in [9.17, 15) is 9.59 Å². The number of anilines is 1. The number of ether oxygens (including phenoxy) is 25. The number of para-hydroxylation sites is 2. The molecular weight excluding hydrogens is 1350 g/mol. The van der Waals surface area contributed by atoms with E-state index in [1.807, 2.05) is 53.1 Å². The van der Waals surface area contributed by atoms with Crippen molar-refractivity contribution in [3.63, 3.8) is 0 Å². The highest BCUT2D eigenvalue weighted by Gasteiger charge is 2.19. The third-order valence-electron chi connectivity index (χ3n) is 14.4. The van der Waals surface area contributed by atoms with Gasteiger partial charge in [-0.05, 0) is 43.7 Å². The van der Waals surface area contributed by atoms with Crippen LogP contribution in [0.3, 0.4) is 0 Å². The van der Waals surface area contributed by atoms with Crippen LogP contribution in [0.1, 0.15) is 19.8 Å². The normalized spacial score (nSPS) is 11.8. The molecule has 0 saturated carbocycles. The Kier molecular flexibility index (Phi) is 60.0. The number of methoxy groups -OCH3 is 2. The van der Waals surface area contributed by atoms with Crippen molar-refractivity contribution in [3.05, 3.63) is 59.0 Å². The fraction of sp³-hybridized carbons (Fsp3) is 0.764. The van der Waals surface area contributed by atoms with E-state index in [4.69, 9.17) is 128 Å².